The van der Waals surface area contributed by atoms with Crippen LogP contribution < -0.4 is 26.0 Å². The maximum atomic E-state index is 15.5. The zero-order valence-electron chi connectivity index (χ0n) is 40.1. The van der Waals surface area contributed by atoms with Crippen molar-refractivity contribution in [2.45, 2.75) is 58.3 Å². The zero-order chi connectivity index (χ0) is 50.8. The maximum Gasteiger partial charge on any atom is 0.405 e. The van der Waals surface area contributed by atoms with Crippen molar-refractivity contribution in [3.8, 4) is 45.8 Å². The van der Waals surface area contributed by atoms with Gasteiger partial charge in [0.1, 0.15) is 40.9 Å². The SMILES string of the molecule is CCc1cc(-c2nnc(C(=O)NCC(F)(F)F)n2-c2ccc(CN3CCNCC3)cc2)c(O)cc1O.CN1CCCC1.COc1nc(N2CC=CCC(N)C2)c2cnc(-c3cccc(F)c3C)c(F)c2n1. The Balaban J connectivity index is 0.000000189. The van der Waals surface area contributed by atoms with Crippen LogP contribution in [0.4, 0.5) is 27.8 Å². The molecule has 3 aromatic heterocycles. The second-order valence-corrected chi connectivity index (χ2v) is 17.5. The highest BCUT2D eigenvalue weighted by molar-refractivity contribution is 5.93. The number of aromatic nitrogens is 6. The highest BCUT2D eigenvalue weighted by atomic mass is 19.4. The number of phenolic OH excluding ortho intramolecular Hbond substituents is 2. The number of benzene rings is 3. The van der Waals surface area contributed by atoms with Crippen LogP contribution in [-0.2, 0) is 13.0 Å². The Morgan fingerprint density at radius 2 is 1.69 bits per heavy atom. The molecular weight excluding hydrogens is 928 g/mol. The lowest BCUT2D eigenvalue weighted by molar-refractivity contribution is -0.123. The Labute approximate surface area is 408 Å². The summed E-state index contributed by atoms with van der Waals surface area (Å²) in [5.74, 6) is -2.36. The molecule has 0 saturated carbocycles. The number of aryl methyl sites for hydroxylation is 1. The first-order valence-corrected chi connectivity index (χ1v) is 23.4. The molecule has 2 saturated heterocycles. The molecule has 3 aromatic carbocycles. The molecule has 1 unspecified atom stereocenters. The number of carbonyl (C=O) groups excluding carboxylic acids is 1. The van der Waals surface area contributed by atoms with Crippen LogP contribution in [0.2, 0.25) is 0 Å². The van der Waals surface area contributed by atoms with Crippen LogP contribution in [0.5, 0.6) is 17.5 Å². The molecule has 3 aliphatic rings. The Kier molecular flexibility index (Phi) is 17.1. The van der Waals surface area contributed by atoms with Crippen molar-refractivity contribution in [1.29, 1.82) is 0 Å². The number of methoxy groups -OCH3 is 1. The van der Waals surface area contributed by atoms with E-state index in [2.05, 4.69) is 47.3 Å². The van der Waals surface area contributed by atoms with Crippen molar-refractivity contribution in [3.63, 3.8) is 0 Å². The van der Waals surface area contributed by atoms with E-state index in [4.69, 9.17) is 10.5 Å². The summed E-state index contributed by atoms with van der Waals surface area (Å²) < 4.78 is 74.1. The largest absolute Gasteiger partial charge is 0.508 e. The van der Waals surface area contributed by atoms with Crippen molar-refractivity contribution in [3.05, 3.63) is 107 Å². The third-order valence-corrected chi connectivity index (χ3v) is 12.3. The number of anilines is 1. The number of carbonyl (C=O) groups is 1. The molecule has 6 heterocycles. The minimum Gasteiger partial charge on any atom is -0.508 e. The standard InChI is InChI=1S/C24H27F3N6O3.C21H21F2N5O.C5H11N/c1-2-16-11-18(20(35)12-19(16)34)21-30-31-22(23(36)29-14-24(25,26)27)33(21)17-5-3-15(4-6-17)13-32-9-7-28-8-10-32;1-12-14(7-5-8-16(12)22)18-17(23)19-15(10-25-18)20(27-21(26-19)29-2)28-9-4-3-6-13(24)11-28;1-6-4-2-3-5-6/h3-6,11-12,28,34-35H,2,7-10,13-14H2,1H3,(H,29,36);3-5,7-8,10,13H,6,9,11,24H2,1-2H3;2-5H2,1H3. The normalized spacial score (nSPS) is 16.5. The van der Waals surface area contributed by atoms with E-state index >= 15 is 4.39 Å². The molecule has 6 N–H and O–H groups in total. The van der Waals surface area contributed by atoms with Gasteiger partial charge in [-0.2, -0.15) is 23.1 Å². The van der Waals surface area contributed by atoms with Gasteiger partial charge in [-0.25, -0.2) is 8.78 Å². The number of piperazine rings is 1. The lowest BCUT2D eigenvalue weighted by Gasteiger charge is -2.27. The molecule has 71 heavy (non-hydrogen) atoms. The molecule has 9 rings (SSSR count). The van der Waals surface area contributed by atoms with Crippen LogP contribution in [0.3, 0.4) is 0 Å². The van der Waals surface area contributed by atoms with E-state index < -0.39 is 30.3 Å². The molecule has 3 aliphatic heterocycles. The number of nitrogens with one attached hydrogen (secondary N) is 2. The highest BCUT2D eigenvalue weighted by Gasteiger charge is 2.31. The maximum absolute atomic E-state index is 15.5. The Hall–Kier alpha value is -6.81. The first-order valence-electron chi connectivity index (χ1n) is 23.4. The number of fused-ring (bicyclic) bond motifs is 1. The van der Waals surface area contributed by atoms with E-state index in [1.54, 1.807) is 25.1 Å². The van der Waals surface area contributed by atoms with Gasteiger partial charge < -0.3 is 41.1 Å². The number of nitrogens with zero attached hydrogens (tertiary/aromatic N) is 9. The summed E-state index contributed by atoms with van der Waals surface area (Å²) in [5.41, 5.74) is 9.11. The Bertz CT molecular complexity index is 2810. The average Bonchev–Trinajstić information content (AvgIpc) is 3.97. The summed E-state index contributed by atoms with van der Waals surface area (Å²) >= 11 is 0. The minimum absolute atomic E-state index is 0.0358. The van der Waals surface area contributed by atoms with Gasteiger partial charge in [-0.3, -0.25) is 19.2 Å². The predicted octanol–water partition coefficient (Wildman–Crippen LogP) is 6.70. The van der Waals surface area contributed by atoms with Gasteiger partial charge in [0.05, 0.1) is 18.1 Å². The van der Waals surface area contributed by atoms with Crippen molar-refractivity contribution < 1.29 is 41.7 Å². The van der Waals surface area contributed by atoms with Crippen molar-refractivity contribution in [2.75, 3.05) is 78.0 Å². The first kappa shape index (κ1) is 52.0. The third kappa shape index (κ3) is 12.9. The summed E-state index contributed by atoms with van der Waals surface area (Å²) in [5, 5.41) is 34.0. The number of pyridine rings is 1. The molecule has 1 atom stereocenters. The number of nitrogens with two attached hydrogens (primary N) is 1. The Morgan fingerprint density at radius 1 is 0.958 bits per heavy atom. The van der Waals surface area contributed by atoms with Crippen LogP contribution in [0.15, 0.2) is 72.9 Å². The minimum atomic E-state index is -4.60. The number of halogens is 5. The van der Waals surface area contributed by atoms with E-state index in [1.165, 1.54) is 62.0 Å². The van der Waals surface area contributed by atoms with Crippen LogP contribution in [0.25, 0.3) is 39.2 Å². The number of hydrogen-bond acceptors (Lipinski definition) is 14. The smallest absolute Gasteiger partial charge is 0.405 e. The van der Waals surface area contributed by atoms with Gasteiger partial charge in [-0.15, -0.1) is 10.2 Å². The molecule has 378 valence electrons. The fourth-order valence-electron chi connectivity index (χ4n) is 8.43. The highest BCUT2D eigenvalue weighted by Crippen LogP contribution is 2.37. The van der Waals surface area contributed by atoms with Crippen LogP contribution in [0, 0.1) is 18.6 Å². The van der Waals surface area contributed by atoms with E-state index in [-0.39, 0.29) is 52.0 Å². The quantitative estimate of drug-likeness (QED) is 0.0719. The summed E-state index contributed by atoms with van der Waals surface area (Å²) in [6.45, 7) is 10.0. The van der Waals surface area contributed by atoms with Gasteiger partial charge in [-0.05, 0) is 93.7 Å². The molecule has 1 amide bonds. The molecule has 0 radical (unpaired) electrons. The molecule has 2 fully saturated rings. The molecule has 0 aliphatic carbocycles. The number of aromatic hydroxyl groups is 2. The average molecular weight is 987 g/mol. The second kappa shape index (κ2) is 23.4. The molecule has 16 nitrogen and oxygen atoms in total. The van der Waals surface area contributed by atoms with Gasteiger partial charge in [-0.1, -0.05) is 43.3 Å². The van der Waals surface area contributed by atoms with Gasteiger partial charge >= 0.3 is 12.2 Å². The van der Waals surface area contributed by atoms with E-state index in [0.29, 0.717) is 53.1 Å². The second-order valence-electron chi connectivity index (χ2n) is 17.5. The predicted molar refractivity (Wildman–Crippen MR) is 261 cm³/mol. The first-order chi connectivity index (χ1) is 34.0. The van der Waals surface area contributed by atoms with Gasteiger partial charge in [0.25, 0.3) is 5.91 Å². The summed E-state index contributed by atoms with van der Waals surface area (Å²) in [4.78, 5) is 32.2. The number of amides is 1. The van der Waals surface area contributed by atoms with E-state index in [1.807, 2.05) is 41.4 Å². The number of likely N-dealkylation sites (tertiary alicyclic amines) is 1. The lowest BCUT2D eigenvalue weighted by Crippen LogP contribution is -2.42. The number of alkyl halides is 3. The van der Waals surface area contributed by atoms with Gasteiger partial charge in [0.2, 0.25) is 5.82 Å². The van der Waals surface area contributed by atoms with E-state index in [9.17, 15) is 32.6 Å². The number of ether oxygens (including phenoxy) is 1. The zero-order valence-corrected chi connectivity index (χ0v) is 40.1. The topological polar surface area (TPSA) is 196 Å². The van der Waals surface area contributed by atoms with Crippen molar-refractivity contribution in [2.24, 2.45) is 5.73 Å². The molecular formula is C50H59F5N12O4. The van der Waals surface area contributed by atoms with Gasteiger partial charge in [0, 0.05) is 75.4 Å². The van der Waals surface area contributed by atoms with Gasteiger partial charge in [0.15, 0.2) is 11.6 Å². The molecule has 0 bridgehead atoms. The number of rotatable bonds is 10. The van der Waals surface area contributed by atoms with Crippen molar-refractivity contribution in [1.82, 2.24) is 50.1 Å². The molecule has 21 heteroatoms. The van der Waals surface area contributed by atoms with Crippen LogP contribution in [0.1, 0.15) is 53.5 Å². The number of hydrogen-bond donors (Lipinski definition) is 5. The lowest BCUT2D eigenvalue weighted by atomic mass is 10.0. The van der Waals surface area contributed by atoms with Crippen molar-refractivity contribution >= 4 is 22.6 Å². The van der Waals surface area contributed by atoms with Crippen LogP contribution >= 0.6 is 0 Å². The summed E-state index contributed by atoms with van der Waals surface area (Å²) in [6, 6.07) is 14.3. The van der Waals surface area contributed by atoms with Crippen LogP contribution in [-0.4, -0.2) is 141 Å². The summed E-state index contributed by atoms with van der Waals surface area (Å²) in [6.07, 6.45) is 4.98. The fourth-order valence-corrected chi connectivity index (χ4v) is 8.43. The van der Waals surface area contributed by atoms with E-state index in [0.717, 1.165) is 50.8 Å². The third-order valence-electron chi connectivity index (χ3n) is 12.3. The Morgan fingerprint density at radius 3 is 2.35 bits per heavy atom. The number of phenols is 2. The molecule has 6 aromatic rings. The monoisotopic (exact) mass is 986 g/mol. The summed E-state index contributed by atoms with van der Waals surface area (Å²) in [7, 11) is 3.60. The molecule has 0 spiro atoms. The fraction of sp³-hybridized carbons (Fsp3) is 0.400.